The lowest BCUT2D eigenvalue weighted by molar-refractivity contribution is -0.122. The van der Waals surface area contributed by atoms with E-state index in [-0.39, 0.29) is 11.9 Å². The van der Waals surface area contributed by atoms with Crippen molar-refractivity contribution in [3.05, 3.63) is 35.4 Å². The van der Waals surface area contributed by atoms with Crippen molar-refractivity contribution < 1.29 is 4.79 Å². The van der Waals surface area contributed by atoms with E-state index in [9.17, 15) is 4.79 Å². The molecule has 0 aliphatic carbocycles. The van der Waals surface area contributed by atoms with Crippen molar-refractivity contribution in [3.63, 3.8) is 0 Å². The molecule has 1 amide bonds. The summed E-state index contributed by atoms with van der Waals surface area (Å²) < 4.78 is 0. The Balaban J connectivity index is 2.53. The molecule has 1 aromatic carbocycles. The van der Waals surface area contributed by atoms with Crippen LogP contribution < -0.4 is 5.32 Å². The molecule has 114 valence electrons. The molecule has 0 radical (unpaired) electrons. The van der Waals surface area contributed by atoms with Crippen molar-refractivity contribution in [1.29, 1.82) is 0 Å². The van der Waals surface area contributed by atoms with Gasteiger partial charge >= 0.3 is 0 Å². The highest BCUT2D eigenvalue weighted by atomic mass is 16.2. The average molecular weight is 286 g/mol. The van der Waals surface area contributed by atoms with Crippen molar-refractivity contribution >= 4 is 5.91 Å². The molecule has 0 saturated carbocycles. The number of carbonyl (C=O) groups excluding carboxylic acids is 1. The van der Waals surface area contributed by atoms with Crippen molar-refractivity contribution in [3.8, 4) is 12.3 Å². The number of likely N-dealkylation sites (N-methyl/N-ethyl adjacent to an activating group) is 1. The predicted octanol–water partition coefficient (Wildman–Crippen LogP) is 2.63. The van der Waals surface area contributed by atoms with E-state index >= 15 is 0 Å². The standard InChI is InChI=1S/C18H26N2O/c1-6-11-20(5)13-18(21)19-15(4)17-9-7-16(8-10-17)12-14(2)3/h1,7-10,14-15H,11-13H2,2-5H3,(H,19,21). The predicted molar refractivity (Wildman–Crippen MR) is 87.9 cm³/mol. The Kier molecular flexibility index (Phi) is 6.98. The molecule has 3 heteroatoms. The maximum Gasteiger partial charge on any atom is 0.234 e. The van der Waals surface area contributed by atoms with E-state index in [1.165, 1.54) is 5.56 Å². The van der Waals surface area contributed by atoms with Crippen molar-refractivity contribution in [2.24, 2.45) is 5.92 Å². The minimum absolute atomic E-state index is 0.00448. The molecule has 0 heterocycles. The fourth-order valence-electron chi connectivity index (χ4n) is 2.24. The SMILES string of the molecule is C#CCN(C)CC(=O)NC(C)c1ccc(CC(C)C)cc1. The summed E-state index contributed by atoms with van der Waals surface area (Å²) in [6.07, 6.45) is 6.30. The molecule has 1 N–H and O–H groups in total. The Hall–Kier alpha value is -1.79. The van der Waals surface area contributed by atoms with Crippen molar-refractivity contribution in [2.45, 2.75) is 33.2 Å². The van der Waals surface area contributed by atoms with Crippen LogP contribution in [0.15, 0.2) is 24.3 Å². The van der Waals surface area contributed by atoms with Gasteiger partial charge in [0.2, 0.25) is 5.91 Å². The number of hydrogen-bond acceptors (Lipinski definition) is 2. The number of nitrogens with zero attached hydrogens (tertiary/aromatic N) is 1. The summed E-state index contributed by atoms with van der Waals surface area (Å²) in [5.74, 6) is 3.17. The van der Waals surface area contributed by atoms with Crippen LogP contribution >= 0.6 is 0 Å². The first-order valence-electron chi connectivity index (χ1n) is 7.42. The molecule has 0 fully saturated rings. The molecule has 0 bridgehead atoms. The van der Waals surface area contributed by atoms with Gasteiger partial charge in [-0.25, -0.2) is 0 Å². The fourth-order valence-corrected chi connectivity index (χ4v) is 2.24. The summed E-state index contributed by atoms with van der Waals surface area (Å²) in [5, 5.41) is 3.00. The van der Waals surface area contributed by atoms with Crippen LogP contribution in [0.4, 0.5) is 0 Å². The lowest BCUT2D eigenvalue weighted by Crippen LogP contribution is -2.36. The second-order valence-electron chi connectivity index (χ2n) is 6.01. The van der Waals surface area contributed by atoms with E-state index in [1.807, 2.05) is 18.9 Å². The molecule has 1 unspecified atom stereocenters. The van der Waals surface area contributed by atoms with E-state index in [4.69, 9.17) is 6.42 Å². The molecule has 0 aromatic heterocycles. The van der Waals surface area contributed by atoms with E-state index in [1.54, 1.807) is 0 Å². The van der Waals surface area contributed by atoms with Crippen LogP contribution in [0.1, 0.15) is 37.9 Å². The molecule has 1 aromatic rings. The van der Waals surface area contributed by atoms with Gasteiger partial charge in [-0.2, -0.15) is 0 Å². The minimum atomic E-state index is -0.00786. The lowest BCUT2D eigenvalue weighted by atomic mass is 10.00. The van der Waals surface area contributed by atoms with Crippen LogP contribution in [0.3, 0.4) is 0 Å². The number of amides is 1. The van der Waals surface area contributed by atoms with Gasteiger partial charge in [0.1, 0.15) is 0 Å². The van der Waals surface area contributed by atoms with Gasteiger partial charge < -0.3 is 5.32 Å². The quantitative estimate of drug-likeness (QED) is 0.782. The first kappa shape index (κ1) is 17.3. The van der Waals surface area contributed by atoms with Crippen LogP contribution in [-0.2, 0) is 11.2 Å². The summed E-state index contributed by atoms with van der Waals surface area (Å²) >= 11 is 0. The zero-order valence-corrected chi connectivity index (χ0v) is 13.5. The van der Waals surface area contributed by atoms with Gasteiger partial charge in [0, 0.05) is 0 Å². The molecule has 0 saturated heterocycles. The number of benzene rings is 1. The maximum absolute atomic E-state index is 11.9. The van der Waals surface area contributed by atoms with Gasteiger partial charge in [-0.1, -0.05) is 44.0 Å². The number of carbonyl (C=O) groups is 1. The largest absolute Gasteiger partial charge is 0.348 e. The molecule has 0 aliphatic heterocycles. The Morgan fingerprint density at radius 2 is 1.90 bits per heavy atom. The highest BCUT2D eigenvalue weighted by molar-refractivity contribution is 5.78. The van der Waals surface area contributed by atoms with Crippen molar-refractivity contribution in [1.82, 2.24) is 10.2 Å². The third kappa shape index (κ3) is 6.46. The molecule has 0 aliphatic rings. The fraction of sp³-hybridized carbons (Fsp3) is 0.500. The molecule has 21 heavy (non-hydrogen) atoms. The summed E-state index contributed by atoms with van der Waals surface area (Å²) in [6.45, 7) is 7.22. The van der Waals surface area contributed by atoms with Gasteiger partial charge in [0.15, 0.2) is 0 Å². The van der Waals surface area contributed by atoms with Crippen LogP contribution in [-0.4, -0.2) is 30.9 Å². The van der Waals surface area contributed by atoms with Crippen LogP contribution in [0.5, 0.6) is 0 Å². The van der Waals surface area contributed by atoms with Gasteiger partial charge in [-0.15, -0.1) is 6.42 Å². The molecule has 0 spiro atoms. The second-order valence-corrected chi connectivity index (χ2v) is 6.01. The number of rotatable bonds is 7. The smallest absolute Gasteiger partial charge is 0.234 e. The number of nitrogens with one attached hydrogen (secondary N) is 1. The zero-order valence-electron chi connectivity index (χ0n) is 13.5. The van der Waals surface area contributed by atoms with E-state index < -0.39 is 0 Å². The zero-order chi connectivity index (χ0) is 15.8. The minimum Gasteiger partial charge on any atom is -0.348 e. The summed E-state index contributed by atoms with van der Waals surface area (Å²) in [5.41, 5.74) is 2.46. The highest BCUT2D eigenvalue weighted by Crippen LogP contribution is 2.15. The Morgan fingerprint density at radius 3 is 2.43 bits per heavy atom. The van der Waals surface area contributed by atoms with E-state index in [2.05, 4.69) is 49.4 Å². The van der Waals surface area contributed by atoms with Crippen LogP contribution in [0.25, 0.3) is 0 Å². The van der Waals surface area contributed by atoms with Gasteiger partial charge in [-0.05, 0) is 37.4 Å². The van der Waals surface area contributed by atoms with Gasteiger partial charge in [0.05, 0.1) is 19.1 Å². The van der Waals surface area contributed by atoms with Crippen molar-refractivity contribution in [2.75, 3.05) is 20.1 Å². The van der Waals surface area contributed by atoms with Gasteiger partial charge in [0.25, 0.3) is 0 Å². The Bertz CT molecular complexity index is 485. The third-order valence-corrected chi connectivity index (χ3v) is 3.28. The van der Waals surface area contributed by atoms with Crippen LogP contribution in [0.2, 0.25) is 0 Å². The summed E-state index contributed by atoms with van der Waals surface area (Å²) in [4.78, 5) is 13.7. The van der Waals surface area contributed by atoms with E-state index in [0.717, 1.165) is 12.0 Å². The van der Waals surface area contributed by atoms with Crippen LogP contribution in [0, 0.1) is 18.3 Å². The summed E-state index contributed by atoms with van der Waals surface area (Å²) in [6, 6.07) is 8.47. The topological polar surface area (TPSA) is 32.3 Å². The number of terminal acetylenes is 1. The second kappa shape index (κ2) is 8.49. The molecule has 1 rings (SSSR count). The average Bonchev–Trinajstić information content (AvgIpc) is 2.38. The third-order valence-electron chi connectivity index (χ3n) is 3.28. The van der Waals surface area contributed by atoms with Gasteiger partial charge in [-0.3, -0.25) is 9.69 Å². The Morgan fingerprint density at radius 1 is 1.29 bits per heavy atom. The Labute approximate surface area is 128 Å². The molecular weight excluding hydrogens is 260 g/mol. The monoisotopic (exact) mass is 286 g/mol. The molecule has 3 nitrogen and oxygen atoms in total. The number of hydrogen-bond donors (Lipinski definition) is 1. The summed E-state index contributed by atoms with van der Waals surface area (Å²) in [7, 11) is 1.84. The van der Waals surface area contributed by atoms with E-state index in [0.29, 0.717) is 19.0 Å². The first-order chi connectivity index (χ1) is 9.92. The molecular formula is C18H26N2O. The highest BCUT2D eigenvalue weighted by Gasteiger charge is 2.11. The maximum atomic E-state index is 11.9. The molecule has 1 atom stereocenters. The first-order valence-corrected chi connectivity index (χ1v) is 7.42. The lowest BCUT2D eigenvalue weighted by Gasteiger charge is -2.18. The normalized spacial score (nSPS) is 12.2.